The molecule has 2 aromatic rings. The van der Waals surface area contributed by atoms with Gasteiger partial charge in [-0.2, -0.15) is 0 Å². The third kappa shape index (κ3) is 5.55. The number of hydrogen-bond donors (Lipinski definition) is 1. The number of nitrogens with one attached hydrogen (secondary N) is 1. The summed E-state index contributed by atoms with van der Waals surface area (Å²) in [5, 5.41) is 11.2. The summed E-state index contributed by atoms with van der Waals surface area (Å²) in [5.74, 6) is -0.382. The molecule has 0 aliphatic heterocycles. The van der Waals surface area contributed by atoms with Gasteiger partial charge in [-0.25, -0.2) is 13.1 Å². The SMILES string of the molecule is COc1ccc(C(=O)N(C)Cc2ccccc2[N+](=O)[O-])cc1S(=O)(=O)NC(C)(C)C. The maximum Gasteiger partial charge on any atom is 0.274 e. The fourth-order valence-electron chi connectivity index (χ4n) is 2.85. The number of sulfonamides is 1. The highest BCUT2D eigenvalue weighted by Crippen LogP contribution is 2.27. The highest BCUT2D eigenvalue weighted by Gasteiger charge is 2.27. The lowest BCUT2D eigenvalue weighted by molar-refractivity contribution is -0.385. The summed E-state index contributed by atoms with van der Waals surface area (Å²) in [6.45, 7) is 5.09. The number of ether oxygens (including phenoxy) is 1. The first-order chi connectivity index (χ1) is 13.9. The van der Waals surface area contributed by atoms with E-state index >= 15 is 0 Å². The van der Waals surface area contributed by atoms with Gasteiger partial charge in [-0.3, -0.25) is 14.9 Å². The van der Waals surface area contributed by atoms with Crippen molar-refractivity contribution < 1.29 is 22.9 Å². The zero-order valence-corrected chi connectivity index (χ0v) is 18.3. The smallest absolute Gasteiger partial charge is 0.274 e. The van der Waals surface area contributed by atoms with Gasteiger partial charge in [0.2, 0.25) is 10.0 Å². The molecule has 2 aromatic carbocycles. The molecule has 0 unspecified atom stereocenters. The molecule has 0 saturated heterocycles. The zero-order chi connectivity index (χ0) is 22.7. The number of carbonyl (C=O) groups is 1. The molecule has 0 aromatic heterocycles. The largest absolute Gasteiger partial charge is 0.495 e. The normalized spacial score (nSPS) is 11.8. The lowest BCUT2D eigenvalue weighted by Crippen LogP contribution is -2.40. The van der Waals surface area contributed by atoms with Gasteiger partial charge in [0.05, 0.1) is 18.6 Å². The van der Waals surface area contributed by atoms with Gasteiger partial charge in [-0.1, -0.05) is 18.2 Å². The number of nitro groups is 1. The minimum Gasteiger partial charge on any atom is -0.495 e. The molecule has 0 atom stereocenters. The molecule has 162 valence electrons. The average molecular weight is 436 g/mol. The van der Waals surface area contributed by atoms with E-state index in [0.29, 0.717) is 5.56 Å². The van der Waals surface area contributed by atoms with E-state index in [4.69, 9.17) is 4.74 Å². The van der Waals surface area contributed by atoms with E-state index in [9.17, 15) is 23.3 Å². The van der Waals surface area contributed by atoms with Crippen LogP contribution < -0.4 is 9.46 Å². The Hall–Kier alpha value is -2.98. The molecular weight excluding hydrogens is 410 g/mol. The highest BCUT2D eigenvalue weighted by atomic mass is 32.2. The van der Waals surface area contributed by atoms with Gasteiger partial charge in [-0.05, 0) is 39.0 Å². The number of amides is 1. The third-order valence-corrected chi connectivity index (χ3v) is 5.86. The summed E-state index contributed by atoms with van der Waals surface area (Å²) >= 11 is 0. The molecule has 0 heterocycles. The number of hydrogen-bond acceptors (Lipinski definition) is 6. The van der Waals surface area contributed by atoms with Crippen molar-refractivity contribution in [1.82, 2.24) is 9.62 Å². The van der Waals surface area contributed by atoms with Gasteiger partial charge < -0.3 is 9.64 Å². The monoisotopic (exact) mass is 435 g/mol. The Morgan fingerprint density at radius 1 is 1.20 bits per heavy atom. The Morgan fingerprint density at radius 3 is 2.40 bits per heavy atom. The molecule has 0 saturated carbocycles. The van der Waals surface area contributed by atoms with Crippen LogP contribution in [0, 0.1) is 10.1 Å². The highest BCUT2D eigenvalue weighted by molar-refractivity contribution is 7.89. The number of nitrogens with zero attached hydrogens (tertiary/aromatic N) is 2. The van der Waals surface area contributed by atoms with Crippen molar-refractivity contribution >= 4 is 21.6 Å². The van der Waals surface area contributed by atoms with Gasteiger partial charge in [0.15, 0.2) is 0 Å². The Kier molecular flexibility index (Phi) is 6.84. The van der Waals surface area contributed by atoms with Crippen LogP contribution in [0.3, 0.4) is 0 Å². The van der Waals surface area contributed by atoms with Crippen molar-refractivity contribution in [3.63, 3.8) is 0 Å². The molecule has 10 heteroatoms. The van der Waals surface area contributed by atoms with Crippen molar-refractivity contribution in [1.29, 1.82) is 0 Å². The molecule has 1 amide bonds. The molecule has 2 rings (SSSR count). The van der Waals surface area contributed by atoms with E-state index in [1.165, 1.54) is 43.3 Å². The van der Waals surface area contributed by atoms with E-state index in [2.05, 4.69) is 4.72 Å². The molecule has 0 spiro atoms. The minimum absolute atomic E-state index is 0.00958. The third-order valence-electron chi connectivity index (χ3n) is 4.08. The molecular formula is C20H25N3O6S. The van der Waals surface area contributed by atoms with Crippen LogP contribution in [0.2, 0.25) is 0 Å². The van der Waals surface area contributed by atoms with Gasteiger partial charge in [0.25, 0.3) is 11.6 Å². The van der Waals surface area contributed by atoms with Crippen LogP contribution >= 0.6 is 0 Å². The van der Waals surface area contributed by atoms with Crippen molar-refractivity contribution in [2.24, 2.45) is 0 Å². The average Bonchev–Trinajstić information content (AvgIpc) is 2.65. The first-order valence-electron chi connectivity index (χ1n) is 9.05. The molecule has 0 fully saturated rings. The fraction of sp³-hybridized carbons (Fsp3) is 0.350. The number of methoxy groups -OCH3 is 1. The second-order valence-corrected chi connectivity index (χ2v) is 9.42. The number of rotatable bonds is 7. The summed E-state index contributed by atoms with van der Waals surface area (Å²) < 4.78 is 33.3. The summed E-state index contributed by atoms with van der Waals surface area (Å²) in [4.78, 5) is 24.7. The Morgan fingerprint density at radius 2 is 1.83 bits per heavy atom. The topological polar surface area (TPSA) is 119 Å². The Balaban J connectivity index is 2.38. The molecule has 0 aliphatic carbocycles. The van der Waals surface area contributed by atoms with Crippen LogP contribution in [0.5, 0.6) is 5.75 Å². The summed E-state index contributed by atoms with van der Waals surface area (Å²) in [7, 11) is -1.12. The first kappa shape index (κ1) is 23.3. The second kappa shape index (κ2) is 8.80. The van der Waals surface area contributed by atoms with Crippen molar-refractivity contribution in [3.05, 3.63) is 63.7 Å². The lowest BCUT2D eigenvalue weighted by Gasteiger charge is -2.22. The van der Waals surface area contributed by atoms with E-state index in [1.54, 1.807) is 39.0 Å². The Labute approximate surface area is 175 Å². The Bertz CT molecular complexity index is 1060. The van der Waals surface area contributed by atoms with Crippen LogP contribution in [0.25, 0.3) is 0 Å². The standard InChI is InChI=1S/C20H25N3O6S/c1-20(2,3)21-30(27,28)18-12-14(10-11-17(18)29-5)19(24)22(4)13-15-8-6-7-9-16(15)23(25)26/h6-12,21H,13H2,1-5H3. The molecule has 0 aliphatic rings. The van der Waals surface area contributed by atoms with Gasteiger partial charge in [-0.15, -0.1) is 0 Å². The molecule has 30 heavy (non-hydrogen) atoms. The first-order valence-corrected chi connectivity index (χ1v) is 10.5. The van der Waals surface area contributed by atoms with Crippen LogP contribution in [-0.2, 0) is 16.6 Å². The van der Waals surface area contributed by atoms with E-state index in [0.717, 1.165) is 0 Å². The van der Waals surface area contributed by atoms with Gasteiger partial charge in [0.1, 0.15) is 10.6 Å². The summed E-state index contributed by atoms with van der Waals surface area (Å²) in [6.07, 6.45) is 0. The van der Waals surface area contributed by atoms with E-state index in [1.807, 2.05) is 0 Å². The number of carbonyl (C=O) groups excluding carboxylic acids is 1. The number of benzene rings is 2. The lowest BCUT2D eigenvalue weighted by atomic mass is 10.1. The maximum atomic E-state index is 12.9. The summed E-state index contributed by atoms with van der Waals surface area (Å²) in [5.41, 5.74) is -0.336. The van der Waals surface area contributed by atoms with Crippen LogP contribution in [-0.4, -0.2) is 43.8 Å². The molecule has 1 N–H and O–H groups in total. The van der Waals surface area contributed by atoms with Crippen LogP contribution in [0.15, 0.2) is 47.4 Å². The van der Waals surface area contributed by atoms with Crippen LogP contribution in [0.4, 0.5) is 5.69 Å². The van der Waals surface area contributed by atoms with Crippen molar-refractivity contribution in [2.45, 2.75) is 37.8 Å². The molecule has 9 nitrogen and oxygen atoms in total. The molecule has 0 radical (unpaired) electrons. The predicted molar refractivity (Wildman–Crippen MR) is 112 cm³/mol. The van der Waals surface area contributed by atoms with Crippen molar-refractivity contribution in [3.8, 4) is 5.75 Å². The van der Waals surface area contributed by atoms with Gasteiger partial charge >= 0.3 is 0 Å². The molecule has 0 bridgehead atoms. The quantitative estimate of drug-likeness (QED) is 0.528. The maximum absolute atomic E-state index is 12.9. The van der Waals surface area contributed by atoms with Gasteiger partial charge in [0, 0.05) is 29.8 Å². The fourth-order valence-corrected chi connectivity index (χ4v) is 4.46. The van der Waals surface area contributed by atoms with Crippen molar-refractivity contribution in [2.75, 3.05) is 14.2 Å². The minimum atomic E-state index is -3.95. The van der Waals surface area contributed by atoms with E-state index < -0.39 is 26.4 Å². The van der Waals surface area contributed by atoms with E-state index in [-0.39, 0.29) is 28.4 Å². The second-order valence-electron chi connectivity index (χ2n) is 7.77. The zero-order valence-electron chi connectivity index (χ0n) is 17.5. The van der Waals surface area contributed by atoms with Crippen LogP contribution in [0.1, 0.15) is 36.7 Å². The predicted octanol–water partition coefficient (Wildman–Crippen LogP) is 2.95. The number of para-hydroxylation sites is 1. The number of nitro benzene ring substituents is 1. The summed E-state index contributed by atoms with van der Waals surface area (Å²) in [6, 6.07) is 10.2.